The number of fused-ring (bicyclic) bond motifs is 1. The molecule has 1 aromatic rings. The van der Waals surface area contributed by atoms with Crippen molar-refractivity contribution >= 4 is 23.4 Å². The van der Waals surface area contributed by atoms with Gasteiger partial charge >= 0.3 is 6.09 Å². The van der Waals surface area contributed by atoms with Gasteiger partial charge < -0.3 is 25.4 Å². The van der Waals surface area contributed by atoms with E-state index in [1.54, 1.807) is 12.1 Å². The Bertz CT molecular complexity index is 699. The Morgan fingerprint density at radius 1 is 1.30 bits per heavy atom. The second-order valence-corrected chi connectivity index (χ2v) is 5.68. The average molecular weight is 316 g/mol. The maximum absolute atomic E-state index is 11.6. The van der Waals surface area contributed by atoms with Crippen molar-refractivity contribution in [2.45, 2.75) is 12.1 Å². The highest BCUT2D eigenvalue weighted by Crippen LogP contribution is 2.30. The molecule has 3 aliphatic heterocycles. The first-order chi connectivity index (χ1) is 11.2. The number of carbonyl (C=O) groups is 2. The number of nitrogens with one attached hydrogen (secondary N) is 3. The van der Waals surface area contributed by atoms with Crippen LogP contribution in [0.5, 0.6) is 5.75 Å². The molecule has 8 nitrogen and oxygen atoms in total. The van der Waals surface area contributed by atoms with Gasteiger partial charge in [-0.2, -0.15) is 4.99 Å². The van der Waals surface area contributed by atoms with Crippen LogP contribution < -0.4 is 20.7 Å². The fourth-order valence-corrected chi connectivity index (χ4v) is 2.71. The van der Waals surface area contributed by atoms with Gasteiger partial charge in [-0.3, -0.25) is 4.79 Å². The average Bonchev–Trinajstić information content (AvgIpc) is 2.86. The van der Waals surface area contributed by atoms with Crippen LogP contribution in [0.2, 0.25) is 0 Å². The van der Waals surface area contributed by atoms with E-state index in [2.05, 4.69) is 20.9 Å². The molecule has 1 atom stereocenters. The Kier molecular flexibility index (Phi) is 3.47. The highest BCUT2D eigenvalue weighted by Gasteiger charge is 2.31. The molecule has 3 aliphatic rings. The number of cyclic esters (lactones) is 1. The summed E-state index contributed by atoms with van der Waals surface area (Å²) >= 11 is 0. The summed E-state index contributed by atoms with van der Waals surface area (Å²) in [5, 5.41) is 9.26. The number of amides is 2. The Morgan fingerprint density at radius 2 is 2.17 bits per heavy atom. The molecule has 0 radical (unpaired) electrons. The smallest absolute Gasteiger partial charge is 0.434 e. The van der Waals surface area contributed by atoms with Crippen LogP contribution in [0.3, 0.4) is 0 Å². The van der Waals surface area contributed by atoms with Crippen LogP contribution in [-0.2, 0) is 9.53 Å². The highest BCUT2D eigenvalue weighted by atomic mass is 16.6. The molecule has 1 aromatic carbocycles. The third kappa shape index (κ3) is 2.78. The molecule has 2 amide bonds. The van der Waals surface area contributed by atoms with E-state index < -0.39 is 12.2 Å². The number of hydrogen-bond donors (Lipinski definition) is 3. The minimum atomic E-state index is -0.587. The van der Waals surface area contributed by atoms with Gasteiger partial charge in [-0.15, -0.1) is 0 Å². The van der Waals surface area contributed by atoms with E-state index in [-0.39, 0.29) is 12.5 Å². The van der Waals surface area contributed by atoms with Crippen molar-refractivity contribution < 1.29 is 19.1 Å². The first kappa shape index (κ1) is 14.2. The molecular formula is C15H16N4O4. The lowest BCUT2D eigenvalue weighted by Gasteiger charge is -2.29. The van der Waals surface area contributed by atoms with Gasteiger partial charge in [-0.1, -0.05) is 0 Å². The maximum atomic E-state index is 11.6. The molecule has 0 spiro atoms. The van der Waals surface area contributed by atoms with Gasteiger partial charge in [0.1, 0.15) is 5.75 Å². The number of benzene rings is 1. The lowest BCUT2D eigenvalue weighted by molar-refractivity contribution is -0.118. The normalized spacial score (nSPS) is 23.3. The largest absolute Gasteiger partial charge is 0.482 e. The van der Waals surface area contributed by atoms with E-state index in [1.807, 2.05) is 6.07 Å². The fourth-order valence-electron chi connectivity index (χ4n) is 2.71. The van der Waals surface area contributed by atoms with Gasteiger partial charge in [-0.25, -0.2) is 4.79 Å². The summed E-state index contributed by atoms with van der Waals surface area (Å²) < 4.78 is 10.6. The van der Waals surface area contributed by atoms with Crippen molar-refractivity contribution in [1.82, 2.24) is 10.6 Å². The Labute approximate surface area is 132 Å². The summed E-state index contributed by atoms with van der Waals surface area (Å²) in [4.78, 5) is 27.0. The number of anilines is 1. The number of rotatable bonds is 4. The second-order valence-electron chi connectivity index (χ2n) is 5.68. The number of nitrogens with zero attached hydrogens (tertiary/aromatic N) is 1. The molecule has 23 heavy (non-hydrogen) atoms. The van der Waals surface area contributed by atoms with E-state index in [0.29, 0.717) is 29.7 Å². The van der Waals surface area contributed by atoms with Gasteiger partial charge in [0.15, 0.2) is 12.7 Å². The molecule has 120 valence electrons. The summed E-state index contributed by atoms with van der Waals surface area (Å²) in [5.74, 6) is 0.403. The zero-order valence-electron chi connectivity index (χ0n) is 12.3. The van der Waals surface area contributed by atoms with E-state index in [1.165, 1.54) is 0 Å². The van der Waals surface area contributed by atoms with Gasteiger partial charge in [0, 0.05) is 31.2 Å². The van der Waals surface area contributed by atoms with E-state index in [4.69, 9.17) is 9.47 Å². The second kappa shape index (κ2) is 5.64. The van der Waals surface area contributed by atoms with Gasteiger partial charge in [0.2, 0.25) is 0 Å². The lowest BCUT2D eigenvalue weighted by Crippen LogP contribution is -2.57. The van der Waals surface area contributed by atoms with Crippen molar-refractivity contribution in [3.8, 4) is 5.75 Å². The number of ether oxygens (including phenoxy) is 2. The van der Waals surface area contributed by atoms with E-state index >= 15 is 0 Å². The van der Waals surface area contributed by atoms with Crippen molar-refractivity contribution in [2.24, 2.45) is 4.99 Å². The zero-order chi connectivity index (χ0) is 15.8. The third-order valence-electron chi connectivity index (χ3n) is 4.04. The van der Waals surface area contributed by atoms with Crippen molar-refractivity contribution in [3.05, 3.63) is 23.8 Å². The molecule has 0 aromatic heterocycles. The van der Waals surface area contributed by atoms with Crippen LogP contribution in [0.4, 0.5) is 10.5 Å². The Morgan fingerprint density at radius 3 is 2.96 bits per heavy atom. The maximum Gasteiger partial charge on any atom is 0.434 e. The summed E-state index contributed by atoms with van der Waals surface area (Å²) in [6.45, 7) is 2.35. The fraction of sp³-hybridized carbons (Fsp3) is 0.400. The topological polar surface area (TPSA) is 101 Å². The zero-order valence-corrected chi connectivity index (χ0v) is 12.3. The van der Waals surface area contributed by atoms with Crippen molar-refractivity contribution in [3.63, 3.8) is 0 Å². The summed E-state index contributed by atoms with van der Waals surface area (Å²) in [7, 11) is 0. The molecular weight excluding hydrogens is 300 g/mol. The molecule has 0 aliphatic carbocycles. The highest BCUT2D eigenvalue weighted by molar-refractivity contribution is 6.12. The molecule has 0 saturated carbocycles. The number of carbonyl (C=O) groups excluding carboxylic acids is 2. The third-order valence-corrected chi connectivity index (χ3v) is 4.04. The standard InChI is InChI=1S/C15H16N4O4/c20-13-7-22-11-2-1-8(3-10(11)18-13)14-12(23-15(21)19-14)6-17-9-4-16-5-9/h1-3,9,12,16-17H,4-7H2,(H,18,20)/t12-/m1/s1. The molecule has 1 fully saturated rings. The van der Waals surface area contributed by atoms with Gasteiger partial charge in [0.25, 0.3) is 5.91 Å². The van der Waals surface area contributed by atoms with Gasteiger partial charge in [0.05, 0.1) is 11.4 Å². The summed E-state index contributed by atoms with van der Waals surface area (Å²) in [6, 6.07) is 5.72. The summed E-state index contributed by atoms with van der Waals surface area (Å²) in [6.07, 6.45) is -1.02. The lowest BCUT2D eigenvalue weighted by atomic mass is 10.0. The molecule has 4 rings (SSSR count). The minimum Gasteiger partial charge on any atom is -0.482 e. The Balaban J connectivity index is 1.54. The molecule has 1 saturated heterocycles. The molecule has 3 N–H and O–H groups in total. The van der Waals surface area contributed by atoms with Crippen LogP contribution in [0.25, 0.3) is 0 Å². The van der Waals surface area contributed by atoms with Crippen molar-refractivity contribution in [1.29, 1.82) is 0 Å². The Hall–Kier alpha value is -2.45. The predicted molar refractivity (Wildman–Crippen MR) is 82.0 cm³/mol. The first-order valence-electron chi connectivity index (χ1n) is 7.49. The van der Waals surface area contributed by atoms with Crippen LogP contribution in [0, 0.1) is 0 Å². The minimum absolute atomic E-state index is 0.0108. The summed E-state index contributed by atoms with van der Waals surface area (Å²) in [5.41, 5.74) is 1.88. The van der Waals surface area contributed by atoms with Gasteiger partial charge in [-0.05, 0) is 18.2 Å². The first-order valence-corrected chi connectivity index (χ1v) is 7.49. The van der Waals surface area contributed by atoms with Crippen LogP contribution in [0.1, 0.15) is 5.56 Å². The monoisotopic (exact) mass is 316 g/mol. The van der Waals surface area contributed by atoms with Crippen LogP contribution >= 0.6 is 0 Å². The van der Waals surface area contributed by atoms with E-state index in [9.17, 15) is 9.59 Å². The quantitative estimate of drug-likeness (QED) is 0.716. The molecule has 0 bridgehead atoms. The van der Waals surface area contributed by atoms with Crippen LogP contribution in [-0.4, -0.2) is 56.1 Å². The molecule has 3 heterocycles. The number of hydrogen-bond acceptors (Lipinski definition) is 6. The van der Waals surface area contributed by atoms with Crippen LogP contribution in [0.15, 0.2) is 23.2 Å². The SMILES string of the molecule is O=C1COc2ccc(C3=NC(=O)O[C@@H]3CNC3CNC3)cc2N1. The van der Waals surface area contributed by atoms with E-state index in [0.717, 1.165) is 18.7 Å². The predicted octanol–water partition coefficient (Wildman–Crippen LogP) is -0.113. The molecule has 8 heteroatoms. The molecule has 0 unspecified atom stereocenters. The number of aliphatic imine (C=N–C) groups is 1. The van der Waals surface area contributed by atoms with Crippen molar-refractivity contribution in [2.75, 3.05) is 31.6 Å².